The quantitative estimate of drug-likeness (QED) is 0.380. The molecule has 0 unspecified atom stereocenters. The molecule has 10 heteroatoms. The molecule has 0 spiro atoms. The minimum atomic E-state index is -1.26. The number of amides is 1. The van der Waals surface area contributed by atoms with Crippen molar-refractivity contribution in [3.8, 4) is 17.1 Å². The van der Waals surface area contributed by atoms with Crippen LogP contribution in [-0.2, 0) is 4.79 Å². The molecule has 0 bridgehead atoms. The van der Waals surface area contributed by atoms with Crippen molar-refractivity contribution in [2.24, 2.45) is 0 Å². The van der Waals surface area contributed by atoms with Crippen LogP contribution in [0.25, 0.3) is 17.4 Å². The average Bonchev–Trinajstić information content (AvgIpc) is 3.37. The molecule has 1 aliphatic heterocycles. The Morgan fingerprint density at radius 2 is 1.67 bits per heavy atom. The van der Waals surface area contributed by atoms with Gasteiger partial charge in [0.2, 0.25) is 0 Å². The summed E-state index contributed by atoms with van der Waals surface area (Å²) in [5.41, 5.74) is 0.540. The fourth-order valence-electron chi connectivity index (χ4n) is 3.15. The highest BCUT2D eigenvalue weighted by Gasteiger charge is 2.33. The molecule has 1 saturated heterocycles. The van der Waals surface area contributed by atoms with Gasteiger partial charge in [0.1, 0.15) is 17.3 Å². The second-order valence-electron chi connectivity index (χ2n) is 6.83. The van der Waals surface area contributed by atoms with Crippen LogP contribution in [0.3, 0.4) is 0 Å². The molecule has 2 heterocycles. The molecule has 2 aromatic carbocycles. The van der Waals surface area contributed by atoms with E-state index in [0.717, 1.165) is 17.8 Å². The molecule has 2 N–H and O–H groups in total. The third kappa shape index (κ3) is 4.52. The van der Waals surface area contributed by atoms with Crippen molar-refractivity contribution < 1.29 is 33.8 Å². The number of hydrogen-bond donors (Lipinski definition) is 2. The van der Waals surface area contributed by atoms with Crippen molar-refractivity contribution in [3.05, 3.63) is 76.4 Å². The summed E-state index contributed by atoms with van der Waals surface area (Å²) in [5.74, 6) is -1.58. The van der Waals surface area contributed by atoms with Gasteiger partial charge in [0.05, 0.1) is 28.8 Å². The summed E-state index contributed by atoms with van der Waals surface area (Å²) < 4.78 is 11.2. The number of nitrogens with zero attached hydrogens (tertiary/aromatic N) is 1. The number of thiocarbonyl (C=S) groups is 1. The van der Waals surface area contributed by atoms with Crippen molar-refractivity contribution >= 4 is 57.9 Å². The molecular formula is C23H15NO7S2. The predicted molar refractivity (Wildman–Crippen MR) is 127 cm³/mol. The van der Waals surface area contributed by atoms with E-state index in [2.05, 4.69) is 0 Å². The number of carbonyl (C=O) groups excluding carboxylic acids is 1. The Kier molecular flexibility index (Phi) is 6.03. The van der Waals surface area contributed by atoms with E-state index in [1.165, 1.54) is 23.1 Å². The van der Waals surface area contributed by atoms with E-state index < -0.39 is 11.9 Å². The Morgan fingerprint density at radius 3 is 2.24 bits per heavy atom. The number of aromatic carboxylic acids is 2. The molecule has 0 saturated carbocycles. The van der Waals surface area contributed by atoms with Crippen molar-refractivity contribution in [3.63, 3.8) is 0 Å². The first kappa shape index (κ1) is 22.3. The summed E-state index contributed by atoms with van der Waals surface area (Å²) in [6, 6.07) is 13.8. The van der Waals surface area contributed by atoms with E-state index in [0.29, 0.717) is 26.4 Å². The lowest BCUT2D eigenvalue weighted by Crippen LogP contribution is -2.27. The average molecular weight is 482 g/mol. The number of hydrogen-bond acceptors (Lipinski definition) is 7. The highest BCUT2D eigenvalue weighted by Crippen LogP contribution is 2.37. The predicted octanol–water partition coefficient (Wildman–Crippen LogP) is 4.76. The van der Waals surface area contributed by atoms with Gasteiger partial charge in [-0.1, -0.05) is 24.0 Å². The van der Waals surface area contributed by atoms with E-state index >= 15 is 0 Å². The monoisotopic (exact) mass is 481 g/mol. The number of methoxy groups -OCH3 is 1. The molecule has 166 valence electrons. The third-order valence-electron chi connectivity index (χ3n) is 4.74. The molecule has 1 aromatic heterocycles. The summed E-state index contributed by atoms with van der Waals surface area (Å²) in [7, 11) is 1.55. The molecule has 1 amide bonds. The van der Waals surface area contributed by atoms with Crippen LogP contribution in [0.1, 0.15) is 26.5 Å². The summed E-state index contributed by atoms with van der Waals surface area (Å²) in [5, 5.41) is 18.5. The van der Waals surface area contributed by atoms with Gasteiger partial charge in [0.15, 0.2) is 4.32 Å². The number of thioether (sulfide) groups is 1. The number of furan rings is 1. The Bertz CT molecular complexity index is 1290. The number of rotatable bonds is 6. The Morgan fingerprint density at radius 1 is 1.03 bits per heavy atom. The van der Waals surface area contributed by atoms with Crippen LogP contribution >= 0.6 is 24.0 Å². The highest BCUT2D eigenvalue weighted by atomic mass is 32.2. The Hall–Kier alpha value is -3.89. The molecule has 33 heavy (non-hydrogen) atoms. The number of carboxylic acids is 2. The van der Waals surface area contributed by atoms with Gasteiger partial charge < -0.3 is 19.4 Å². The number of carboxylic acid groups (broad SMARTS) is 2. The Labute approximate surface area is 197 Å². The first-order valence-electron chi connectivity index (χ1n) is 9.40. The van der Waals surface area contributed by atoms with Crippen LogP contribution in [0.15, 0.2) is 63.9 Å². The standard InChI is InChI=1S/C23H15NO7S2/c1-30-16-4-2-15(3-5-16)24-20(25)19(33-23(24)32)11-17-6-7-18(31-17)12-8-13(21(26)27)10-14(9-12)22(28)29/h2-11H,1H3,(H,26,27)(H,28,29)/b19-11-. The van der Waals surface area contributed by atoms with Gasteiger partial charge in [-0.25, -0.2) is 9.59 Å². The topological polar surface area (TPSA) is 117 Å². The van der Waals surface area contributed by atoms with Crippen molar-refractivity contribution in [2.75, 3.05) is 12.0 Å². The second kappa shape index (κ2) is 8.93. The zero-order valence-electron chi connectivity index (χ0n) is 17.0. The van der Waals surface area contributed by atoms with E-state index in [4.69, 9.17) is 21.4 Å². The second-order valence-corrected chi connectivity index (χ2v) is 8.50. The summed E-state index contributed by atoms with van der Waals surface area (Å²) in [4.78, 5) is 37.4. The van der Waals surface area contributed by atoms with Crippen LogP contribution in [-0.4, -0.2) is 39.5 Å². The molecule has 0 aliphatic carbocycles. The molecule has 3 aromatic rings. The van der Waals surface area contributed by atoms with Crippen LogP contribution < -0.4 is 9.64 Å². The number of ether oxygens (including phenoxy) is 1. The molecular weight excluding hydrogens is 466 g/mol. The fourth-order valence-corrected chi connectivity index (χ4v) is 4.43. The minimum absolute atomic E-state index is 0.178. The zero-order valence-corrected chi connectivity index (χ0v) is 18.6. The maximum absolute atomic E-state index is 12.9. The molecule has 0 atom stereocenters. The Balaban J connectivity index is 1.62. The molecule has 1 fully saturated rings. The lowest BCUT2D eigenvalue weighted by molar-refractivity contribution is -0.113. The maximum atomic E-state index is 12.9. The van der Waals surface area contributed by atoms with Crippen LogP contribution in [0, 0.1) is 0 Å². The van der Waals surface area contributed by atoms with Crippen LogP contribution in [0.5, 0.6) is 5.75 Å². The lowest BCUT2D eigenvalue weighted by Gasteiger charge is -2.14. The SMILES string of the molecule is COc1ccc(N2C(=O)/C(=C/c3ccc(-c4cc(C(=O)O)cc(C(=O)O)c4)o3)SC2=S)cc1. The van der Waals surface area contributed by atoms with Crippen LogP contribution in [0.2, 0.25) is 0 Å². The zero-order chi connectivity index (χ0) is 23.7. The molecule has 1 aliphatic rings. The largest absolute Gasteiger partial charge is 0.497 e. The number of anilines is 1. The van der Waals surface area contributed by atoms with Gasteiger partial charge in [-0.15, -0.1) is 0 Å². The van der Waals surface area contributed by atoms with Gasteiger partial charge in [-0.05, 0) is 54.6 Å². The molecule has 0 radical (unpaired) electrons. The van der Waals surface area contributed by atoms with Gasteiger partial charge in [-0.2, -0.15) is 0 Å². The molecule has 8 nitrogen and oxygen atoms in total. The summed E-state index contributed by atoms with van der Waals surface area (Å²) in [6.07, 6.45) is 1.53. The van der Waals surface area contributed by atoms with Gasteiger partial charge in [0, 0.05) is 11.6 Å². The fraction of sp³-hybridized carbons (Fsp3) is 0.0435. The van der Waals surface area contributed by atoms with E-state index in [9.17, 15) is 24.6 Å². The van der Waals surface area contributed by atoms with Crippen molar-refractivity contribution in [2.45, 2.75) is 0 Å². The summed E-state index contributed by atoms with van der Waals surface area (Å²) in [6.45, 7) is 0. The number of benzene rings is 2. The van der Waals surface area contributed by atoms with Gasteiger partial charge in [0.25, 0.3) is 5.91 Å². The lowest BCUT2D eigenvalue weighted by atomic mass is 10.0. The number of carbonyl (C=O) groups is 3. The van der Waals surface area contributed by atoms with Gasteiger partial charge >= 0.3 is 11.9 Å². The van der Waals surface area contributed by atoms with Crippen molar-refractivity contribution in [1.82, 2.24) is 0 Å². The van der Waals surface area contributed by atoms with E-state index in [1.54, 1.807) is 43.5 Å². The maximum Gasteiger partial charge on any atom is 0.335 e. The van der Waals surface area contributed by atoms with Gasteiger partial charge in [-0.3, -0.25) is 9.69 Å². The normalized spacial score (nSPS) is 14.7. The minimum Gasteiger partial charge on any atom is -0.497 e. The first-order valence-corrected chi connectivity index (χ1v) is 10.6. The summed E-state index contributed by atoms with van der Waals surface area (Å²) >= 11 is 6.49. The van der Waals surface area contributed by atoms with Crippen molar-refractivity contribution in [1.29, 1.82) is 0 Å². The smallest absolute Gasteiger partial charge is 0.335 e. The first-order chi connectivity index (χ1) is 15.8. The highest BCUT2D eigenvalue weighted by molar-refractivity contribution is 8.27. The molecule has 4 rings (SSSR count). The third-order valence-corrected chi connectivity index (χ3v) is 6.04. The van der Waals surface area contributed by atoms with Crippen LogP contribution in [0.4, 0.5) is 5.69 Å². The van der Waals surface area contributed by atoms with E-state index in [1.807, 2.05) is 0 Å². The van der Waals surface area contributed by atoms with E-state index in [-0.39, 0.29) is 28.4 Å².